The van der Waals surface area contributed by atoms with Gasteiger partial charge in [0.2, 0.25) is 0 Å². The smallest absolute Gasteiger partial charge is 0.132 e. The summed E-state index contributed by atoms with van der Waals surface area (Å²) in [5.41, 5.74) is 5.68. The van der Waals surface area contributed by atoms with E-state index in [0.717, 1.165) is 18.4 Å². The highest BCUT2D eigenvalue weighted by atomic mass is 127. The van der Waals surface area contributed by atoms with E-state index in [1.807, 2.05) is 0 Å². The summed E-state index contributed by atoms with van der Waals surface area (Å²) in [5.74, 6) is 1.71. The largest absolute Gasteiger partial charge is 0.353 e. The Labute approximate surface area is 106 Å². The van der Waals surface area contributed by atoms with Gasteiger partial charge >= 0.3 is 0 Å². The number of hydrogen-bond acceptors (Lipinski definition) is 3. The van der Waals surface area contributed by atoms with Gasteiger partial charge in [0.05, 0.1) is 6.10 Å². The quantitative estimate of drug-likeness (QED) is 0.361. The van der Waals surface area contributed by atoms with Gasteiger partial charge in [0.25, 0.3) is 0 Å². The van der Waals surface area contributed by atoms with Crippen LogP contribution in [0.1, 0.15) is 38.5 Å². The van der Waals surface area contributed by atoms with Crippen LogP contribution in [0.25, 0.3) is 0 Å². The maximum Gasteiger partial charge on any atom is 0.132 e. The van der Waals surface area contributed by atoms with Crippen LogP contribution in [0.5, 0.6) is 0 Å². The lowest BCUT2D eigenvalue weighted by molar-refractivity contribution is 0.302. The number of epoxide rings is 1. The maximum absolute atomic E-state index is 5.68. The predicted molar refractivity (Wildman–Crippen MR) is 69.6 cm³/mol. The topological polar surface area (TPSA) is 50.6 Å². The van der Waals surface area contributed by atoms with Crippen molar-refractivity contribution < 1.29 is 4.74 Å². The molecule has 2 fully saturated rings. The van der Waals surface area contributed by atoms with Gasteiger partial charge in [-0.05, 0) is 31.1 Å². The first kappa shape index (κ1) is 12.1. The van der Waals surface area contributed by atoms with Crippen LogP contribution in [0.4, 0.5) is 0 Å². The number of nitrogens with two attached hydrogens (primary N) is 1. The van der Waals surface area contributed by atoms with E-state index in [0.29, 0.717) is 6.10 Å². The zero-order valence-electron chi connectivity index (χ0n) is 9.12. The summed E-state index contributed by atoms with van der Waals surface area (Å²) < 4.78 is 8.59. The molecule has 0 aromatic carbocycles. The third-order valence-corrected chi connectivity index (χ3v) is 4.14. The average Bonchev–Trinajstić information content (AvgIpc) is 2.92. The number of ether oxygens (including phenoxy) is 1. The summed E-state index contributed by atoms with van der Waals surface area (Å²) >= 11 is 2.26. The second-order valence-corrected chi connectivity index (χ2v) is 5.73. The molecule has 15 heavy (non-hydrogen) atoms. The number of halogens is 1. The van der Waals surface area contributed by atoms with Gasteiger partial charge in [-0.25, -0.2) is 0 Å². The maximum atomic E-state index is 5.68. The van der Waals surface area contributed by atoms with Crippen molar-refractivity contribution in [3.63, 3.8) is 0 Å². The molecule has 3 N–H and O–H groups in total. The molecule has 1 aliphatic carbocycles. The average molecular weight is 324 g/mol. The molecular weight excluding hydrogens is 303 g/mol. The van der Waals surface area contributed by atoms with E-state index >= 15 is 0 Å². The lowest BCUT2D eigenvalue weighted by Crippen LogP contribution is -2.18. The molecule has 4 heteroatoms. The highest BCUT2D eigenvalue weighted by molar-refractivity contribution is 14.1. The van der Waals surface area contributed by atoms with Crippen LogP contribution in [0, 0.1) is 11.8 Å². The van der Waals surface area contributed by atoms with Gasteiger partial charge in [0.1, 0.15) is 6.23 Å². The lowest BCUT2D eigenvalue weighted by Gasteiger charge is -2.18. The third kappa shape index (κ3) is 3.84. The van der Waals surface area contributed by atoms with Gasteiger partial charge in [0.15, 0.2) is 0 Å². The standard InChI is InChI=1S/C11H21IN2O/c12-14-7-9-4-2-1-3-8(5-9)6-10-11(13)15-10/h8-11,14H,1-7,13H2. The molecule has 1 saturated carbocycles. The Kier molecular flexibility index (Phi) is 4.67. The van der Waals surface area contributed by atoms with Crippen molar-refractivity contribution in [1.29, 1.82) is 0 Å². The van der Waals surface area contributed by atoms with Crippen LogP contribution in [0.2, 0.25) is 0 Å². The number of rotatable bonds is 4. The fourth-order valence-electron chi connectivity index (χ4n) is 2.76. The van der Waals surface area contributed by atoms with E-state index in [1.54, 1.807) is 0 Å². The first-order valence-electron chi connectivity index (χ1n) is 6.04. The van der Waals surface area contributed by atoms with E-state index in [9.17, 15) is 0 Å². The highest BCUT2D eigenvalue weighted by Crippen LogP contribution is 2.34. The molecule has 0 amide bonds. The second kappa shape index (κ2) is 5.80. The monoisotopic (exact) mass is 324 g/mol. The minimum atomic E-state index is 0.0504. The zero-order valence-corrected chi connectivity index (χ0v) is 11.3. The molecule has 0 aromatic heterocycles. The molecule has 1 saturated heterocycles. The molecule has 0 aromatic rings. The van der Waals surface area contributed by atoms with Crippen LogP contribution in [0.3, 0.4) is 0 Å². The van der Waals surface area contributed by atoms with Crippen LogP contribution < -0.4 is 9.26 Å². The summed E-state index contributed by atoms with van der Waals surface area (Å²) in [7, 11) is 0. The van der Waals surface area contributed by atoms with Crippen molar-refractivity contribution in [2.75, 3.05) is 6.54 Å². The second-order valence-electron chi connectivity index (χ2n) is 4.96. The Morgan fingerprint density at radius 1 is 1.27 bits per heavy atom. The Morgan fingerprint density at radius 3 is 2.53 bits per heavy atom. The summed E-state index contributed by atoms with van der Waals surface area (Å²) in [6.07, 6.45) is 8.55. The molecule has 0 radical (unpaired) electrons. The molecule has 1 aliphatic heterocycles. The minimum absolute atomic E-state index is 0.0504. The van der Waals surface area contributed by atoms with Crippen molar-refractivity contribution in [3.8, 4) is 0 Å². The molecule has 2 aliphatic rings. The molecule has 3 nitrogen and oxygen atoms in total. The van der Waals surface area contributed by atoms with Gasteiger partial charge in [-0.2, -0.15) is 0 Å². The Hall–Kier alpha value is 0.610. The molecule has 2 rings (SSSR count). The SMILES string of the molecule is NC1OC1CC1CCCCC(CNI)C1. The van der Waals surface area contributed by atoms with Crippen molar-refractivity contribution in [3.05, 3.63) is 0 Å². The Bertz CT molecular complexity index is 203. The molecule has 4 atom stereocenters. The summed E-state index contributed by atoms with van der Waals surface area (Å²) in [4.78, 5) is 0. The molecule has 1 heterocycles. The Balaban J connectivity index is 1.76. The van der Waals surface area contributed by atoms with E-state index in [1.165, 1.54) is 38.5 Å². The van der Waals surface area contributed by atoms with E-state index in [-0.39, 0.29) is 6.23 Å². The summed E-state index contributed by atoms with van der Waals surface area (Å²) in [5, 5.41) is 0. The van der Waals surface area contributed by atoms with Crippen LogP contribution in [-0.4, -0.2) is 18.9 Å². The number of hydrogen-bond donors (Lipinski definition) is 2. The molecule has 0 bridgehead atoms. The van der Waals surface area contributed by atoms with Gasteiger partial charge < -0.3 is 10.5 Å². The van der Waals surface area contributed by atoms with E-state index < -0.39 is 0 Å². The first-order chi connectivity index (χ1) is 7.29. The van der Waals surface area contributed by atoms with Crippen molar-refractivity contribution in [2.24, 2.45) is 17.6 Å². The van der Waals surface area contributed by atoms with Crippen molar-refractivity contribution in [1.82, 2.24) is 3.53 Å². The summed E-state index contributed by atoms with van der Waals surface area (Å²) in [6.45, 7) is 1.16. The zero-order chi connectivity index (χ0) is 10.7. The molecular formula is C11H21IN2O. The summed E-state index contributed by atoms with van der Waals surface area (Å²) in [6, 6.07) is 0. The van der Waals surface area contributed by atoms with Crippen LogP contribution in [-0.2, 0) is 4.74 Å². The first-order valence-corrected chi connectivity index (χ1v) is 7.12. The van der Waals surface area contributed by atoms with Gasteiger partial charge in [-0.3, -0.25) is 3.53 Å². The van der Waals surface area contributed by atoms with Crippen molar-refractivity contribution >= 4 is 22.9 Å². The Morgan fingerprint density at radius 2 is 1.93 bits per heavy atom. The third-order valence-electron chi connectivity index (χ3n) is 3.69. The van der Waals surface area contributed by atoms with Gasteiger partial charge in [-0.1, -0.05) is 19.3 Å². The van der Waals surface area contributed by atoms with Gasteiger partial charge in [0, 0.05) is 29.4 Å². The number of nitrogens with one attached hydrogen (secondary N) is 1. The lowest BCUT2D eigenvalue weighted by atomic mass is 9.90. The van der Waals surface area contributed by atoms with E-state index in [4.69, 9.17) is 10.5 Å². The fraction of sp³-hybridized carbons (Fsp3) is 1.00. The highest BCUT2D eigenvalue weighted by Gasteiger charge is 2.37. The minimum Gasteiger partial charge on any atom is -0.353 e. The molecule has 88 valence electrons. The van der Waals surface area contributed by atoms with E-state index in [2.05, 4.69) is 26.4 Å². The van der Waals surface area contributed by atoms with Crippen LogP contribution >= 0.6 is 22.9 Å². The predicted octanol–water partition coefficient (Wildman–Crippen LogP) is 2.20. The van der Waals surface area contributed by atoms with Gasteiger partial charge in [-0.15, -0.1) is 0 Å². The fourth-order valence-corrected chi connectivity index (χ4v) is 3.38. The van der Waals surface area contributed by atoms with Crippen molar-refractivity contribution in [2.45, 2.75) is 50.9 Å². The molecule has 0 spiro atoms. The normalized spacial score (nSPS) is 41.2. The van der Waals surface area contributed by atoms with Crippen LogP contribution in [0.15, 0.2) is 0 Å². The molecule has 4 unspecified atom stereocenters.